The highest BCUT2D eigenvalue weighted by Gasteiger charge is 2.15. The van der Waals surface area contributed by atoms with Crippen LogP contribution in [0.5, 0.6) is 0 Å². The van der Waals surface area contributed by atoms with E-state index in [4.69, 9.17) is 23.1 Å². The van der Waals surface area contributed by atoms with Crippen LogP contribution >= 0.6 is 11.6 Å². The van der Waals surface area contributed by atoms with Crippen molar-refractivity contribution >= 4 is 28.7 Å². The summed E-state index contributed by atoms with van der Waals surface area (Å²) < 4.78 is 0. The van der Waals surface area contributed by atoms with Crippen LogP contribution in [0.4, 0.5) is 0 Å². The topological polar surface area (TPSA) is 82.8 Å². The first-order valence-electron chi connectivity index (χ1n) is 5.13. The Morgan fingerprint density at radius 1 is 1.47 bits per heavy atom. The minimum Gasteiger partial charge on any atom is -0.312 e. The van der Waals surface area contributed by atoms with E-state index in [2.05, 4.69) is 16.8 Å². The summed E-state index contributed by atoms with van der Waals surface area (Å²) in [7, 11) is 0. The minimum absolute atomic E-state index is 0.329. The molecule has 2 aromatic rings. The first-order valence-corrected chi connectivity index (χ1v) is 5.51. The first-order chi connectivity index (χ1) is 7.89. The van der Waals surface area contributed by atoms with Crippen LogP contribution in [-0.4, -0.2) is 20.7 Å². The maximum atomic E-state index is 5.97. The number of nitrogens with two attached hydrogens (primary N) is 2. The van der Waals surface area contributed by atoms with E-state index < -0.39 is 5.66 Å². The lowest BCUT2D eigenvalue weighted by atomic mass is 10.2. The second-order valence-electron chi connectivity index (χ2n) is 4.30. The Morgan fingerprint density at radius 2 is 2.18 bits per heavy atom. The van der Waals surface area contributed by atoms with Gasteiger partial charge < -0.3 is 11.5 Å². The van der Waals surface area contributed by atoms with Gasteiger partial charge in [0, 0.05) is 10.6 Å². The predicted octanol–water partition coefficient (Wildman–Crippen LogP) is 1.36. The second kappa shape index (κ2) is 4.10. The van der Waals surface area contributed by atoms with Crippen molar-refractivity contribution in [2.45, 2.75) is 19.1 Å². The summed E-state index contributed by atoms with van der Waals surface area (Å²) in [6.07, 6.45) is 1.69. The van der Waals surface area contributed by atoms with Gasteiger partial charge in [0.15, 0.2) is 0 Å². The van der Waals surface area contributed by atoms with E-state index >= 15 is 0 Å². The Balaban J connectivity index is 2.53. The van der Waals surface area contributed by atoms with Crippen molar-refractivity contribution in [1.29, 1.82) is 0 Å². The van der Waals surface area contributed by atoms with Gasteiger partial charge in [0.05, 0.1) is 12.2 Å². The summed E-state index contributed by atoms with van der Waals surface area (Å²) in [5.74, 6) is 0. The van der Waals surface area contributed by atoms with Crippen molar-refractivity contribution < 1.29 is 0 Å². The van der Waals surface area contributed by atoms with Crippen LogP contribution in [0.25, 0.3) is 17.1 Å². The highest BCUT2D eigenvalue weighted by atomic mass is 35.5. The molecule has 0 aliphatic rings. The molecule has 0 bridgehead atoms. The Bertz CT molecular complexity index is 567. The number of halogens is 1. The average Bonchev–Trinajstić information content (AvgIpc) is 2.55. The Hall–Kier alpha value is -1.43. The van der Waals surface area contributed by atoms with Crippen LogP contribution in [0.15, 0.2) is 18.7 Å². The zero-order valence-electron chi connectivity index (χ0n) is 9.52. The fourth-order valence-electron chi connectivity index (χ4n) is 1.58. The molecular weight excluding hydrogens is 238 g/mol. The number of rotatable bonds is 3. The number of benzene rings is 1. The van der Waals surface area contributed by atoms with Gasteiger partial charge in [0.25, 0.3) is 0 Å². The van der Waals surface area contributed by atoms with E-state index in [1.54, 1.807) is 25.1 Å². The first kappa shape index (κ1) is 12.0. The molecule has 0 radical (unpaired) electrons. The smallest absolute Gasteiger partial charge is 0.120 e. The lowest BCUT2D eigenvalue weighted by molar-refractivity contribution is 0.363. The van der Waals surface area contributed by atoms with Crippen LogP contribution in [0, 0.1) is 0 Å². The molecule has 17 heavy (non-hydrogen) atoms. The summed E-state index contributed by atoms with van der Waals surface area (Å²) in [5, 5.41) is 9.21. The summed E-state index contributed by atoms with van der Waals surface area (Å²) in [4.78, 5) is 1.48. The van der Waals surface area contributed by atoms with Gasteiger partial charge in [0.2, 0.25) is 0 Å². The maximum absolute atomic E-state index is 5.97. The number of hydrogen-bond acceptors (Lipinski definition) is 4. The van der Waals surface area contributed by atoms with Crippen molar-refractivity contribution in [3.63, 3.8) is 0 Å². The molecule has 0 unspecified atom stereocenters. The van der Waals surface area contributed by atoms with E-state index in [0.717, 1.165) is 11.1 Å². The molecule has 0 aliphatic heterocycles. The third kappa shape index (κ3) is 2.63. The molecule has 1 aromatic carbocycles. The molecule has 2 rings (SSSR count). The molecule has 0 atom stereocenters. The van der Waals surface area contributed by atoms with Gasteiger partial charge >= 0.3 is 0 Å². The van der Waals surface area contributed by atoms with Crippen LogP contribution < -0.4 is 11.5 Å². The SMILES string of the molecule is C=Cc1cc(Cl)cc2nn(CC(C)(N)N)nc12. The molecule has 6 heteroatoms. The van der Waals surface area contributed by atoms with Crippen molar-refractivity contribution in [3.8, 4) is 0 Å². The molecule has 0 spiro atoms. The fourth-order valence-corrected chi connectivity index (χ4v) is 1.80. The van der Waals surface area contributed by atoms with Crippen LogP contribution in [0.3, 0.4) is 0 Å². The van der Waals surface area contributed by atoms with Crippen LogP contribution in [0.1, 0.15) is 12.5 Å². The molecule has 0 amide bonds. The van der Waals surface area contributed by atoms with Gasteiger partial charge in [-0.2, -0.15) is 15.0 Å². The highest BCUT2D eigenvalue weighted by molar-refractivity contribution is 6.31. The van der Waals surface area contributed by atoms with Crippen molar-refractivity contribution in [3.05, 3.63) is 29.3 Å². The van der Waals surface area contributed by atoms with Gasteiger partial charge in [-0.1, -0.05) is 24.3 Å². The van der Waals surface area contributed by atoms with Gasteiger partial charge in [-0.3, -0.25) is 0 Å². The second-order valence-corrected chi connectivity index (χ2v) is 4.74. The van der Waals surface area contributed by atoms with Gasteiger partial charge in [-0.25, -0.2) is 0 Å². The number of fused-ring (bicyclic) bond motifs is 1. The third-order valence-corrected chi connectivity index (χ3v) is 2.44. The summed E-state index contributed by atoms with van der Waals surface area (Å²) >= 11 is 5.97. The van der Waals surface area contributed by atoms with Crippen molar-refractivity contribution in [2.24, 2.45) is 11.5 Å². The largest absolute Gasteiger partial charge is 0.312 e. The number of hydrogen-bond donors (Lipinski definition) is 2. The minimum atomic E-state index is -0.854. The number of aromatic nitrogens is 3. The standard InChI is InChI=1S/C11H14ClN5/c1-3-7-4-8(12)5-9-10(7)16-17(15-9)6-11(2,13)14/h3-5H,1,6,13-14H2,2H3. The van der Waals surface area contributed by atoms with E-state index in [9.17, 15) is 0 Å². The Kier molecular flexibility index (Phi) is 2.91. The Morgan fingerprint density at radius 3 is 2.76 bits per heavy atom. The average molecular weight is 252 g/mol. The molecular formula is C11H14ClN5. The molecule has 4 N–H and O–H groups in total. The molecule has 0 saturated carbocycles. The fraction of sp³-hybridized carbons (Fsp3) is 0.273. The number of nitrogens with zero attached hydrogens (tertiary/aromatic N) is 3. The van der Waals surface area contributed by atoms with E-state index in [-0.39, 0.29) is 0 Å². The highest BCUT2D eigenvalue weighted by Crippen LogP contribution is 2.22. The maximum Gasteiger partial charge on any atom is 0.120 e. The molecule has 5 nitrogen and oxygen atoms in total. The van der Waals surface area contributed by atoms with Crippen molar-refractivity contribution in [2.75, 3.05) is 0 Å². The zero-order valence-corrected chi connectivity index (χ0v) is 10.3. The lowest BCUT2D eigenvalue weighted by Crippen LogP contribution is -2.50. The van der Waals surface area contributed by atoms with E-state index in [1.807, 2.05) is 0 Å². The summed E-state index contributed by atoms with van der Waals surface area (Å²) in [6.45, 7) is 5.76. The molecule has 1 aromatic heterocycles. The van der Waals surface area contributed by atoms with E-state index in [1.165, 1.54) is 4.80 Å². The molecule has 0 saturated heterocycles. The Labute approximate surface area is 104 Å². The van der Waals surface area contributed by atoms with Crippen LogP contribution in [-0.2, 0) is 6.54 Å². The van der Waals surface area contributed by atoms with E-state index in [0.29, 0.717) is 17.1 Å². The monoisotopic (exact) mass is 251 g/mol. The van der Waals surface area contributed by atoms with Gasteiger partial charge in [-0.15, -0.1) is 0 Å². The van der Waals surface area contributed by atoms with Gasteiger partial charge in [0.1, 0.15) is 11.0 Å². The third-order valence-electron chi connectivity index (χ3n) is 2.22. The zero-order chi connectivity index (χ0) is 12.6. The van der Waals surface area contributed by atoms with Crippen LogP contribution in [0.2, 0.25) is 5.02 Å². The molecule has 0 fully saturated rings. The van der Waals surface area contributed by atoms with Gasteiger partial charge in [-0.05, 0) is 19.1 Å². The molecule has 1 heterocycles. The predicted molar refractivity (Wildman–Crippen MR) is 69.4 cm³/mol. The summed E-state index contributed by atoms with van der Waals surface area (Å²) in [5.41, 5.74) is 12.9. The molecule has 0 aliphatic carbocycles. The normalized spacial score (nSPS) is 12.0. The molecule has 90 valence electrons. The quantitative estimate of drug-likeness (QED) is 0.807. The van der Waals surface area contributed by atoms with Crippen molar-refractivity contribution in [1.82, 2.24) is 15.0 Å². The summed E-state index contributed by atoms with van der Waals surface area (Å²) in [6, 6.07) is 3.54. The lowest BCUT2D eigenvalue weighted by Gasteiger charge is -2.16.